The maximum absolute atomic E-state index is 12.1. The summed E-state index contributed by atoms with van der Waals surface area (Å²) in [6, 6.07) is 14.7. The second kappa shape index (κ2) is 8.04. The number of aromatic hydroxyl groups is 1. The van der Waals surface area contributed by atoms with Gasteiger partial charge in [0, 0.05) is 13.3 Å². The molecule has 0 aliphatic carbocycles. The van der Waals surface area contributed by atoms with Crippen LogP contribution in [-0.2, 0) is 4.79 Å². The number of rotatable bonds is 6. The first-order valence-corrected chi connectivity index (χ1v) is 8.98. The van der Waals surface area contributed by atoms with Crippen LogP contribution in [0.1, 0.15) is 50.3 Å². The molecule has 1 amide bonds. The number of hydrogen-bond acceptors (Lipinski definition) is 4. The molecule has 1 heterocycles. The lowest BCUT2D eigenvalue weighted by molar-refractivity contribution is -0.130. The van der Waals surface area contributed by atoms with Gasteiger partial charge >= 0.3 is 0 Å². The van der Waals surface area contributed by atoms with Crippen LogP contribution in [0.4, 0.5) is 0 Å². The van der Waals surface area contributed by atoms with E-state index in [1.807, 2.05) is 36.4 Å². The summed E-state index contributed by atoms with van der Waals surface area (Å²) in [5, 5.41) is 15.5. The van der Waals surface area contributed by atoms with Gasteiger partial charge in [-0.2, -0.15) is 5.10 Å². The molecule has 0 radical (unpaired) electrons. The van der Waals surface area contributed by atoms with Gasteiger partial charge in [-0.05, 0) is 53.9 Å². The lowest BCUT2D eigenvalue weighted by Gasteiger charge is -2.20. The van der Waals surface area contributed by atoms with E-state index in [4.69, 9.17) is 4.74 Å². The Balaban J connectivity index is 1.77. The molecule has 5 heteroatoms. The number of hydrazone groups is 1. The van der Waals surface area contributed by atoms with Crippen LogP contribution in [0.25, 0.3) is 0 Å². The van der Waals surface area contributed by atoms with Crippen molar-refractivity contribution < 1.29 is 14.6 Å². The number of phenols is 1. The molecule has 2 aromatic rings. The molecule has 0 saturated heterocycles. The second-order valence-corrected chi connectivity index (χ2v) is 6.45. The molecule has 1 atom stereocenters. The van der Waals surface area contributed by atoms with Crippen LogP contribution in [0.2, 0.25) is 0 Å². The van der Waals surface area contributed by atoms with Crippen molar-refractivity contribution in [3.63, 3.8) is 0 Å². The largest absolute Gasteiger partial charge is 0.508 e. The molecule has 2 aromatic carbocycles. The van der Waals surface area contributed by atoms with Crippen LogP contribution in [-0.4, -0.2) is 28.3 Å². The highest BCUT2D eigenvalue weighted by molar-refractivity contribution is 6.03. The van der Waals surface area contributed by atoms with E-state index in [1.54, 1.807) is 12.1 Å². The van der Waals surface area contributed by atoms with Gasteiger partial charge in [-0.25, -0.2) is 5.01 Å². The summed E-state index contributed by atoms with van der Waals surface area (Å²) in [7, 11) is 0. The van der Waals surface area contributed by atoms with Gasteiger partial charge in [0.15, 0.2) is 0 Å². The predicted octanol–water partition coefficient (Wildman–Crippen LogP) is 4.27. The minimum atomic E-state index is -0.124. The van der Waals surface area contributed by atoms with E-state index in [9.17, 15) is 9.90 Å². The number of ether oxygens (including phenoxy) is 1. The van der Waals surface area contributed by atoms with Gasteiger partial charge in [0.2, 0.25) is 5.91 Å². The molecule has 0 unspecified atom stereocenters. The third-order valence-corrected chi connectivity index (χ3v) is 4.47. The Hall–Kier alpha value is -2.82. The van der Waals surface area contributed by atoms with Gasteiger partial charge in [-0.15, -0.1) is 0 Å². The smallest absolute Gasteiger partial charge is 0.240 e. The lowest BCUT2D eigenvalue weighted by Crippen LogP contribution is -2.24. The minimum Gasteiger partial charge on any atom is -0.508 e. The van der Waals surface area contributed by atoms with Crippen LogP contribution in [0.15, 0.2) is 53.6 Å². The average molecular weight is 352 g/mol. The third-order valence-electron chi connectivity index (χ3n) is 4.47. The molecule has 5 nitrogen and oxygen atoms in total. The quantitative estimate of drug-likeness (QED) is 0.790. The third kappa shape index (κ3) is 4.04. The topological polar surface area (TPSA) is 62.1 Å². The molecule has 3 rings (SSSR count). The van der Waals surface area contributed by atoms with Crippen molar-refractivity contribution in [1.29, 1.82) is 0 Å². The summed E-state index contributed by atoms with van der Waals surface area (Å²) >= 11 is 0. The van der Waals surface area contributed by atoms with E-state index in [0.29, 0.717) is 13.0 Å². The standard InChI is InChI=1S/C21H24N2O3/c1-3-4-13-26-19-11-7-17(8-12-19)21-14-20(22-23(21)15(2)24)16-5-9-18(25)10-6-16/h5-12,21,25H,3-4,13-14H2,1-2H3/t21-/m1/s1. The molecule has 1 aliphatic rings. The molecular formula is C21H24N2O3. The van der Waals surface area contributed by atoms with Gasteiger partial charge in [0.1, 0.15) is 11.5 Å². The van der Waals surface area contributed by atoms with Gasteiger partial charge in [0.05, 0.1) is 18.4 Å². The first kappa shape index (κ1) is 18.0. The van der Waals surface area contributed by atoms with Crippen LogP contribution in [0, 0.1) is 0 Å². The van der Waals surface area contributed by atoms with E-state index >= 15 is 0 Å². The zero-order valence-electron chi connectivity index (χ0n) is 15.2. The number of unbranched alkanes of at least 4 members (excludes halogenated alkanes) is 1. The summed E-state index contributed by atoms with van der Waals surface area (Å²) < 4.78 is 5.71. The Bertz CT molecular complexity index is 782. The summed E-state index contributed by atoms with van der Waals surface area (Å²) in [5.74, 6) is 0.965. The van der Waals surface area contributed by atoms with Gasteiger partial charge in [-0.3, -0.25) is 4.79 Å². The van der Waals surface area contributed by atoms with Crippen molar-refractivity contribution in [3.8, 4) is 11.5 Å². The van der Waals surface area contributed by atoms with E-state index in [2.05, 4.69) is 12.0 Å². The van der Waals surface area contributed by atoms with Crippen molar-refractivity contribution in [2.24, 2.45) is 5.10 Å². The first-order valence-electron chi connectivity index (χ1n) is 8.98. The fourth-order valence-corrected chi connectivity index (χ4v) is 3.01. The van der Waals surface area contributed by atoms with Crippen LogP contribution < -0.4 is 4.74 Å². The first-order chi connectivity index (χ1) is 12.6. The van der Waals surface area contributed by atoms with Crippen LogP contribution in [0.3, 0.4) is 0 Å². The number of nitrogens with zero attached hydrogens (tertiary/aromatic N) is 2. The summed E-state index contributed by atoms with van der Waals surface area (Å²) in [6.07, 6.45) is 2.78. The molecule has 0 spiro atoms. The predicted molar refractivity (Wildman–Crippen MR) is 101 cm³/mol. The average Bonchev–Trinajstić information content (AvgIpc) is 3.09. The van der Waals surface area contributed by atoms with E-state index < -0.39 is 0 Å². The molecule has 0 aromatic heterocycles. The minimum absolute atomic E-state index is 0.0907. The highest BCUT2D eigenvalue weighted by Gasteiger charge is 2.31. The van der Waals surface area contributed by atoms with Crippen LogP contribution >= 0.6 is 0 Å². The Labute approximate surface area is 153 Å². The van der Waals surface area contributed by atoms with Gasteiger partial charge in [0.25, 0.3) is 0 Å². The SMILES string of the molecule is CCCCOc1ccc([C@H]2CC(c3ccc(O)cc3)=NN2C(C)=O)cc1. The summed E-state index contributed by atoms with van der Waals surface area (Å²) in [4.78, 5) is 12.1. The zero-order valence-corrected chi connectivity index (χ0v) is 15.2. The highest BCUT2D eigenvalue weighted by atomic mass is 16.5. The van der Waals surface area contributed by atoms with Crippen molar-refractivity contribution in [2.75, 3.05) is 6.61 Å². The molecule has 0 bridgehead atoms. The fraction of sp³-hybridized carbons (Fsp3) is 0.333. The molecule has 1 aliphatic heterocycles. The highest BCUT2D eigenvalue weighted by Crippen LogP contribution is 2.33. The Morgan fingerprint density at radius 1 is 1.19 bits per heavy atom. The molecule has 1 N–H and O–H groups in total. The molecule has 0 saturated carbocycles. The number of benzene rings is 2. The van der Waals surface area contributed by atoms with Gasteiger partial charge < -0.3 is 9.84 Å². The summed E-state index contributed by atoms with van der Waals surface area (Å²) in [5.41, 5.74) is 2.78. The second-order valence-electron chi connectivity index (χ2n) is 6.45. The number of amides is 1. The normalized spacial score (nSPS) is 16.5. The number of carbonyl (C=O) groups is 1. The molecule has 0 fully saturated rings. The van der Waals surface area contributed by atoms with E-state index in [0.717, 1.165) is 35.4 Å². The van der Waals surface area contributed by atoms with Crippen LogP contribution in [0.5, 0.6) is 11.5 Å². The van der Waals surface area contributed by atoms with Crippen molar-refractivity contribution in [1.82, 2.24) is 5.01 Å². The fourth-order valence-electron chi connectivity index (χ4n) is 3.01. The number of hydrogen-bond donors (Lipinski definition) is 1. The van der Waals surface area contributed by atoms with Crippen molar-refractivity contribution in [3.05, 3.63) is 59.7 Å². The maximum Gasteiger partial charge on any atom is 0.240 e. The summed E-state index contributed by atoms with van der Waals surface area (Å²) in [6.45, 7) is 4.38. The lowest BCUT2D eigenvalue weighted by atomic mass is 9.98. The number of carbonyl (C=O) groups excluding carboxylic acids is 1. The number of phenolic OH excluding ortho intramolecular Hbond substituents is 1. The Morgan fingerprint density at radius 2 is 1.88 bits per heavy atom. The molecule has 26 heavy (non-hydrogen) atoms. The van der Waals surface area contributed by atoms with Gasteiger partial charge in [-0.1, -0.05) is 25.5 Å². The van der Waals surface area contributed by atoms with E-state index in [-0.39, 0.29) is 17.7 Å². The monoisotopic (exact) mass is 352 g/mol. The Kier molecular flexibility index (Phi) is 5.56. The van der Waals surface area contributed by atoms with E-state index in [1.165, 1.54) is 11.9 Å². The maximum atomic E-state index is 12.1. The Morgan fingerprint density at radius 3 is 2.50 bits per heavy atom. The van der Waals surface area contributed by atoms with Crippen molar-refractivity contribution in [2.45, 2.75) is 39.2 Å². The van der Waals surface area contributed by atoms with Crippen molar-refractivity contribution >= 4 is 11.6 Å². The molecule has 136 valence electrons. The zero-order chi connectivity index (χ0) is 18.5. The molecular weight excluding hydrogens is 328 g/mol.